The van der Waals surface area contributed by atoms with Crippen molar-refractivity contribution in [2.75, 3.05) is 14.1 Å². The van der Waals surface area contributed by atoms with Crippen LogP contribution in [-0.2, 0) is 0 Å². The Kier molecular flexibility index (Phi) is 3.57. The third-order valence-electron chi connectivity index (χ3n) is 3.09. The molecule has 4 heteroatoms. The zero-order valence-electron chi connectivity index (χ0n) is 9.71. The van der Waals surface area contributed by atoms with E-state index in [4.69, 9.17) is 0 Å². The molecule has 0 aromatic rings. The van der Waals surface area contributed by atoms with Gasteiger partial charge >= 0.3 is 6.03 Å². The molecule has 0 radical (unpaired) electrons. The lowest BCUT2D eigenvalue weighted by Gasteiger charge is -2.35. The van der Waals surface area contributed by atoms with Crippen LogP contribution in [0.4, 0.5) is 4.79 Å². The summed E-state index contributed by atoms with van der Waals surface area (Å²) in [5.74, 6) is 0.669. The van der Waals surface area contributed by atoms with Crippen molar-refractivity contribution in [1.29, 1.82) is 5.26 Å². The second kappa shape index (κ2) is 4.52. The molecule has 0 unspecified atom stereocenters. The number of rotatable bonds is 1. The summed E-state index contributed by atoms with van der Waals surface area (Å²) in [7, 11) is 3.37. The van der Waals surface area contributed by atoms with Gasteiger partial charge in [0.2, 0.25) is 0 Å². The Balaban J connectivity index is 2.63. The van der Waals surface area contributed by atoms with Crippen LogP contribution < -0.4 is 5.32 Å². The van der Waals surface area contributed by atoms with E-state index in [0.29, 0.717) is 5.92 Å². The summed E-state index contributed by atoms with van der Waals surface area (Å²) >= 11 is 0. The maximum absolute atomic E-state index is 11.5. The van der Waals surface area contributed by atoms with Gasteiger partial charge in [0.15, 0.2) is 0 Å². The van der Waals surface area contributed by atoms with Gasteiger partial charge in [-0.3, -0.25) is 0 Å². The number of amides is 2. The van der Waals surface area contributed by atoms with Crippen molar-refractivity contribution >= 4 is 6.03 Å². The van der Waals surface area contributed by atoms with Gasteiger partial charge in [0.1, 0.15) is 5.54 Å². The average molecular weight is 209 g/mol. The Morgan fingerprint density at radius 3 is 2.40 bits per heavy atom. The molecule has 1 rings (SSSR count). The highest BCUT2D eigenvalue weighted by atomic mass is 16.2. The number of nitrogens with zero attached hydrogens (tertiary/aromatic N) is 2. The van der Waals surface area contributed by atoms with Gasteiger partial charge in [-0.05, 0) is 31.6 Å². The highest BCUT2D eigenvalue weighted by Crippen LogP contribution is 2.31. The first-order valence-electron chi connectivity index (χ1n) is 5.40. The number of hydrogen-bond donors (Lipinski definition) is 1. The molecule has 1 N–H and O–H groups in total. The van der Waals surface area contributed by atoms with Crippen molar-refractivity contribution in [2.45, 2.75) is 38.1 Å². The smallest absolute Gasteiger partial charge is 0.318 e. The largest absolute Gasteiger partial charge is 0.331 e. The Bertz CT molecular complexity index is 272. The molecular formula is C11H19N3O. The van der Waals surface area contributed by atoms with Crippen LogP contribution in [0.2, 0.25) is 0 Å². The lowest BCUT2D eigenvalue weighted by atomic mass is 9.78. The fraction of sp³-hybridized carbons (Fsp3) is 0.818. The Morgan fingerprint density at radius 1 is 1.47 bits per heavy atom. The number of carbonyl (C=O) groups is 1. The van der Waals surface area contributed by atoms with Crippen LogP contribution in [0, 0.1) is 17.2 Å². The summed E-state index contributed by atoms with van der Waals surface area (Å²) in [6, 6.07) is 2.09. The standard InChI is InChI=1S/C11H19N3O/c1-9-4-6-11(8-12,7-5-9)13-10(15)14(2)3/h9H,4-7H2,1-3H3,(H,13,15). The zero-order valence-corrected chi connectivity index (χ0v) is 9.71. The van der Waals surface area contributed by atoms with E-state index in [9.17, 15) is 10.1 Å². The van der Waals surface area contributed by atoms with Gasteiger partial charge in [0.05, 0.1) is 6.07 Å². The van der Waals surface area contributed by atoms with Crippen LogP contribution in [0.5, 0.6) is 0 Å². The molecule has 0 aromatic carbocycles. The molecule has 15 heavy (non-hydrogen) atoms. The van der Waals surface area contributed by atoms with Gasteiger partial charge in [0, 0.05) is 14.1 Å². The molecular weight excluding hydrogens is 190 g/mol. The van der Waals surface area contributed by atoms with E-state index in [1.165, 1.54) is 4.90 Å². The molecule has 1 aliphatic rings. The van der Waals surface area contributed by atoms with E-state index < -0.39 is 5.54 Å². The van der Waals surface area contributed by atoms with Gasteiger partial charge in [-0.2, -0.15) is 5.26 Å². The minimum atomic E-state index is -0.631. The first kappa shape index (κ1) is 11.8. The SMILES string of the molecule is CC1CCC(C#N)(NC(=O)N(C)C)CC1. The van der Waals surface area contributed by atoms with Gasteiger partial charge < -0.3 is 10.2 Å². The molecule has 0 heterocycles. The number of nitriles is 1. The topological polar surface area (TPSA) is 56.1 Å². The van der Waals surface area contributed by atoms with Crippen LogP contribution in [0.15, 0.2) is 0 Å². The molecule has 0 bridgehead atoms. The maximum atomic E-state index is 11.5. The van der Waals surface area contributed by atoms with E-state index >= 15 is 0 Å². The summed E-state index contributed by atoms with van der Waals surface area (Å²) in [5, 5.41) is 12.0. The van der Waals surface area contributed by atoms with Crippen LogP contribution in [0.3, 0.4) is 0 Å². The third-order valence-corrected chi connectivity index (χ3v) is 3.09. The highest BCUT2D eigenvalue weighted by Gasteiger charge is 2.35. The predicted molar refractivity (Wildman–Crippen MR) is 58.2 cm³/mol. The van der Waals surface area contributed by atoms with E-state index in [1.54, 1.807) is 14.1 Å². The minimum Gasteiger partial charge on any atom is -0.331 e. The fourth-order valence-electron chi connectivity index (χ4n) is 1.84. The van der Waals surface area contributed by atoms with E-state index in [2.05, 4.69) is 18.3 Å². The molecule has 0 spiro atoms. The van der Waals surface area contributed by atoms with Gasteiger partial charge in [-0.25, -0.2) is 4.79 Å². The molecule has 2 amide bonds. The van der Waals surface area contributed by atoms with Crippen LogP contribution in [0.25, 0.3) is 0 Å². The summed E-state index contributed by atoms with van der Waals surface area (Å²) in [5.41, 5.74) is -0.631. The summed E-state index contributed by atoms with van der Waals surface area (Å²) in [6.45, 7) is 2.19. The third kappa shape index (κ3) is 2.85. The monoisotopic (exact) mass is 209 g/mol. The molecule has 84 valence electrons. The van der Waals surface area contributed by atoms with Crippen molar-refractivity contribution in [3.63, 3.8) is 0 Å². The normalized spacial score (nSPS) is 30.4. The molecule has 1 fully saturated rings. The first-order chi connectivity index (χ1) is 6.99. The van der Waals surface area contributed by atoms with Crippen LogP contribution in [-0.4, -0.2) is 30.6 Å². The second-order valence-corrected chi connectivity index (χ2v) is 4.70. The predicted octanol–water partition coefficient (Wildman–Crippen LogP) is 1.73. The van der Waals surface area contributed by atoms with Crippen molar-refractivity contribution in [2.24, 2.45) is 5.92 Å². The molecule has 0 atom stereocenters. The Hall–Kier alpha value is -1.24. The minimum absolute atomic E-state index is 0.175. The summed E-state index contributed by atoms with van der Waals surface area (Å²) in [4.78, 5) is 13.0. The maximum Gasteiger partial charge on any atom is 0.318 e. The number of carbonyl (C=O) groups excluding carboxylic acids is 1. The molecule has 0 aliphatic heterocycles. The van der Waals surface area contributed by atoms with Crippen LogP contribution in [0.1, 0.15) is 32.6 Å². The highest BCUT2D eigenvalue weighted by molar-refractivity contribution is 5.75. The zero-order chi connectivity index (χ0) is 11.5. The fourth-order valence-corrected chi connectivity index (χ4v) is 1.84. The van der Waals surface area contributed by atoms with Crippen LogP contribution >= 0.6 is 0 Å². The van der Waals surface area contributed by atoms with E-state index in [-0.39, 0.29) is 6.03 Å². The second-order valence-electron chi connectivity index (χ2n) is 4.70. The quantitative estimate of drug-likeness (QED) is 0.715. The Morgan fingerprint density at radius 2 is 2.00 bits per heavy atom. The van der Waals surface area contributed by atoms with Crippen molar-refractivity contribution < 1.29 is 4.79 Å². The van der Waals surface area contributed by atoms with Gasteiger partial charge in [-0.1, -0.05) is 6.92 Å². The van der Waals surface area contributed by atoms with Crippen molar-refractivity contribution in [3.05, 3.63) is 0 Å². The molecule has 0 saturated heterocycles. The van der Waals surface area contributed by atoms with Gasteiger partial charge in [0.25, 0.3) is 0 Å². The molecule has 1 saturated carbocycles. The first-order valence-corrected chi connectivity index (χ1v) is 5.40. The van der Waals surface area contributed by atoms with E-state index in [1.807, 2.05) is 0 Å². The van der Waals surface area contributed by atoms with E-state index in [0.717, 1.165) is 25.7 Å². The molecule has 4 nitrogen and oxygen atoms in total. The number of hydrogen-bond acceptors (Lipinski definition) is 2. The lowest BCUT2D eigenvalue weighted by Crippen LogP contribution is -2.52. The molecule has 0 aromatic heterocycles. The molecule has 1 aliphatic carbocycles. The van der Waals surface area contributed by atoms with Gasteiger partial charge in [-0.15, -0.1) is 0 Å². The number of urea groups is 1. The van der Waals surface area contributed by atoms with Crippen molar-refractivity contribution in [3.8, 4) is 6.07 Å². The summed E-state index contributed by atoms with van der Waals surface area (Å²) < 4.78 is 0. The Labute approximate surface area is 91.2 Å². The summed E-state index contributed by atoms with van der Waals surface area (Å²) in [6.07, 6.45) is 3.57. The average Bonchev–Trinajstić information content (AvgIpc) is 2.21. The number of nitrogens with one attached hydrogen (secondary N) is 1. The van der Waals surface area contributed by atoms with Crippen molar-refractivity contribution in [1.82, 2.24) is 10.2 Å². The lowest BCUT2D eigenvalue weighted by molar-refractivity contribution is 0.192.